The number of pyridine rings is 1. The van der Waals surface area contributed by atoms with Crippen molar-refractivity contribution in [1.29, 1.82) is 0 Å². The van der Waals surface area contributed by atoms with Gasteiger partial charge in [0.15, 0.2) is 0 Å². The van der Waals surface area contributed by atoms with Gasteiger partial charge in [0, 0.05) is 22.8 Å². The van der Waals surface area contributed by atoms with Crippen LogP contribution in [0.4, 0.5) is 13.2 Å². The Morgan fingerprint density at radius 1 is 1.32 bits per heavy atom. The van der Waals surface area contributed by atoms with E-state index in [1.165, 1.54) is 17.5 Å². The van der Waals surface area contributed by atoms with Crippen molar-refractivity contribution in [2.24, 2.45) is 0 Å². The first-order valence-corrected chi connectivity index (χ1v) is 6.98. The molecule has 1 N–H and O–H groups in total. The van der Waals surface area contributed by atoms with Crippen LogP contribution in [0.15, 0.2) is 34.4 Å². The van der Waals surface area contributed by atoms with Crippen LogP contribution in [0.2, 0.25) is 0 Å². The number of nitrogens with one attached hydrogen (secondary N) is 1. The van der Waals surface area contributed by atoms with Gasteiger partial charge >= 0.3 is 6.18 Å². The number of aromatic nitrogens is 1. The summed E-state index contributed by atoms with van der Waals surface area (Å²) in [4.78, 5) is 4.61. The summed E-state index contributed by atoms with van der Waals surface area (Å²) in [6.07, 6.45) is -1.97. The van der Waals surface area contributed by atoms with Crippen LogP contribution in [0, 0.1) is 0 Å². The van der Waals surface area contributed by atoms with Gasteiger partial charge in [-0.3, -0.25) is 4.98 Å². The van der Waals surface area contributed by atoms with Crippen molar-refractivity contribution in [2.45, 2.75) is 12.2 Å². The zero-order valence-electron chi connectivity index (χ0n) is 9.83. The van der Waals surface area contributed by atoms with Crippen LogP contribution in [-0.4, -0.2) is 12.0 Å². The molecule has 0 saturated heterocycles. The molecule has 0 fully saturated rings. The fourth-order valence-electron chi connectivity index (χ4n) is 1.83. The van der Waals surface area contributed by atoms with E-state index >= 15 is 0 Å². The van der Waals surface area contributed by atoms with E-state index in [0.717, 1.165) is 20.9 Å². The van der Waals surface area contributed by atoms with Gasteiger partial charge in [0.25, 0.3) is 0 Å². The van der Waals surface area contributed by atoms with E-state index in [4.69, 9.17) is 0 Å². The third-order valence-corrected chi connectivity index (χ3v) is 4.32. The molecule has 0 radical (unpaired) electrons. The van der Waals surface area contributed by atoms with Crippen LogP contribution in [0.5, 0.6) is 0 Å². The maximum atomic E-state index is 13.0. The van der Waals surface area contributed by atoms with Crippen molar-refractivity contribution in [1.82, 2.24) is 10.3 Å². The number of alkyl halides is 3. The zero-order chi connectivity index (χ0) is 14.0. The molecule has 2 heterocycles. The summed E-state index contributed by atoms with van der Waals surface area (Å²) in [5, 5.41) is 2.91. The third-order valence-electron chi connectivity index (χ3n) is 2.64. The lowest BCUT2D eigenvalue weighted by Gasteiger charge is -2.19. The van der Waals surface area contributed by atoms with Crippen LogP contribution in [0.3, 0.4) is 0 Å². The Balaban J connectivity index is 2.50. The first kappa shape index (κ1) is 14.5. The van der Waals surface area contributed by atoms with Gasteiger partial charge < -0.3 is 5.32 Å². The molecule has 2 nitrogen and oxygen atoms in total. The molecule has 2 rings (SSSR count). The van der Waals surface area contributed by atoms with Crippen molar-refractivity contribution >= 4 is 27.3 Å². The van der Waals surface area contributed by atoms with E-state index in [0.29, 0.717) is 0 Å². The quantitative estimate of drug-likeness (QED) is 0.895. The van der Waals surface area contributed by atoms with Gasteiger partial charge in [-0.05, 0) is 41.2 Å². The zero-order valence-corrected chi connectivity index (χ0v) is 12.2. The predicted octanol–water partition coefficient (Wildman–Crippen LogP) is 4.23. The molecular weight excluding hydrogens is 341 g/mol. The second-order valence-electron chi connectivity index (χ2n) is 3.82. The number of halogens is 4. The Kier molecular flexibility index (Phi) is 4.27. The maximum Gasteiger partial charge on any atom is 0.416 e. The van der Waals surface area contributed by atoms with Gasteiger partial charge in [-0.2, -0.15) is 13.2 Å². The molecule has 1 atom stereocenters. The largest absolute Gasteiger partial charge is 0.416 e. The van der Waals surface area contributed by atoms with Gasteiger partial charge in [-0.1, -0.05) is 0 Å². The van der Waals surface area contributed by atoms with Crippen molar-refractivity contribution in [3.63, 3.8) is 0 Å². The summed E-state index contributed by atoms with van der Waals surface area (Å²) >= 11 is 4.71. The van der Waals surface area contributed by atoms with Crippen LogP contribution in [0.25, 0.3) is 0 Å². The van der Waals surface area contributed by atoms with Crippen LogP contribution >= 0.6 is 27.3 Å². The molecule has 0 spiro atoms. The highest BCUT2D eigenvalue weighted by Gasteiger charge is 2.35. The van der Waals surface area contributed by atoms with Gasteiger partial charge in [0.05, 0.1) is 15.4 Å². The summed E-state index contributed by atoms with van der Waals surface area (Å²) in [7, 11) is 1.63. The van der Waals surface area contributed by atoms with Crippen LogP contribution in [-0.2, 0) is 6.18 Å². The lowest BCUT2D eigenvalue weighted by Crippen LogP contribution is -2.21. The van der Waals surface area contributed by atoms with E-state index in [9.17, 15) is 13.2 Å². The Bertz CT molecular complexity index is 568. The molecular formula is C12H10BrF3N2S. The Morgan fingerprint density at radius 2 is 2.05 bits per heavy atom. The highest BCUT2D eigenvalue weighted by atomic mass is 79.9. The average molecular weight is 351 g/mol. The summed E-state index contributed by atoms with van der Waals surface area (Å²) < 4.78 is 39.9. The number of rotatable bonds is 3. The lowest BCUT2D eigenvalue weighted by atomic mass is 10.0. The normalized spacial score (nSPS) is 13.5. The molecule has 102 valence electrons. The molecule has 7 heteroatoms. The first-order chi connectivity index (χ1) is 8.93. The van der Waals surface area contributed by atoms with Gasteiger partial charge in [-0.25, -0.2) is 0 Å². The second kappa shape index (κ2) is 5.60. The number of thiophene rings is 1. The Hall–Kier alpha value is -0.920. The van der Waals surface area contributed by atoms with Crippen molar-refractivity contribution in [3.8, 4) is 0 Å². The van der Waals surface area contributed by atoms with E-state index in [-0.39, 0.29) is 5.56 Å². The van der Waals surface area contributed by atoms with Crippen molar-refractivity contribution in [2.75, 3.05) is 7.05 Å². The first-order valence-electron chi connectivity index (χ1n) is 5.37. The minimum absolute atomic E-state index is 0.131. The molecule has 2 aromatic heterocycles. The maximum absolute atomic E-state index is 13.0. The molecule has 0 aromatic carbocycles. The monoisotopic (exact) mass is 350 g/mol. The molecule has 0 aliphatic carbocycles. The fraction of sp³-hybridized carbons (Fsp3) is 0.250. The van der Waals surface area contributed by atoms with E-state index < -0.39 is 17.8 Å². The molecule has 19 heavy (non-hydrogen) atoms. The predicted molar refractivity (Wildman–Crippen MR) is 72.2 cm³/mol. The average Bonchev–Trinajstić information content (AvgIpc) is 2.76. The topological polar surface area (TPSA) is 24.9 Å². The number of nitrogens with zero attached hydrogens (tertiary/aromatic N) is 1. The van der Waals surface area contributed by atoms with Crippen molar-refractivity contribution < 1.29 is 13.2 Å². The SMILES string of the molecule is CNC(c1ccc(Br)s1)c1cnccc1C(F)(F)F. The minimum atomic E-state index is -4.39. The summed E-state index contributed by atoms with van der Waals surface area (Å²) in [6.45, 7) is 0. The number of hydrogen-bond donors (Lipinski definition) is 1. The Morgan fingerprint density at radius 3 is 2.58 bits per heavy atom. The molecule has 0 aliphatic heterocycles. The molecule has 2 aromatic rings. The minimum Gasteiger partial charge on any atom is -0.309 e. The highest BCUT2D eigenvalue weighted by Crippen LogP contribution is 2.38. The van der Waals surface area contributed by atoms with Crippen LogP contribution in [0.1, 0.15) is 22.0 Å². The number of hydrogen-bond acceptors (Lipinski definition) is 3. The van der Waals surface area contributed by atoms with E-state index in [1.807, 2.05) is 6.07 Å². The lowest BCUT2D eigenvalue weighted by molar-refractivity contribution is -0.138. The summed E-state index contributed by atoms with van der Waals surface area (Å²) in [5.74, 6) is 0. The molecule has 0 amide bonds. The standard InChI is InChI=1S/C12H10BrF3N2S/c1-17-11(9-2-3-10(13)19-9)7-6-18-5-4-8(7)12(14,15)16/h2-6,11,17H,1H3. The van der Waals surface area contributed by atoms with Crippen LogP contribution < -0.4 is 5.32 Å². The van der Waals surface area contributed by atoms with Gasteiger partial charge in [0.1, 0.15) is 0 Å². The fourth-order valence-corrected chi connectivity index (χ4v) is 3.38. The van der Waals surface area contributed by atoms with E-state index in [2.05, 4.69) is 26.2 Å². The molecule has 1 unspecified atom stereocenters. The van der Waals surface area contributed by atoms with Gasteiger partial charge in [0.2, 0.25) is 0 Å². The molecule has 0 saturated carbocycles. The third kappa shape index (κ3) is 3.16. The highest BCUT2D eigenvalue weighted by molar-refractivity contribution is 9.11. The molecule has 0 bridgehead atoms. The molecule has 0 aliphatic rings. The Labute approximate surface area is 120 Å². The smallest absolute Gasteiger partial charge is 0.309 e. The summed E-state index contributed by atoms with van der Waals surface area (Å²) in [5.41, 5.74) is -0.529. The second-order valence-corrected chi connectivity index (χ2v) is 6.32. The van der Waals surface area contributed by atoms with Gasteiger partial charge in [-0.15, -0.1) is 11.3 Å². The van der Waals surface area contributed by atoms with Crippen molar-refractivity contribution in [3.05, 3.63) is 50.4 Å². The summed E-state index contributed by atoms with van der Waals surface area (Å²) in [6, 6.07) is 4.08. The van der Waals surface area contributed by atoms with E-state index in [1.54, 1.807) is 13.1 Å².